The second kappa shape index (κ2) is 5.02. The van der Waals surface area contributed by atoms with Crippen molar-refractivity contribution in [2.45, 2.75) is 45.4 Å². The van der Waals surface area contributed by atoms with Gasteiger partial charge in [0.25, 0.3) is 0 Å². The van der Waals surface area contributed by atoms with Crippen LogP contribution in [0.2, 0.25) is 0 Å². The summed E-state index contributed by atoms with van der Waals surface area (Å²) < 4.78 is 22.8. The van der Waals surface area contributed by atoms with Gasteiger partial charge in [-0.1, -0.05) is 13.8 Å². The third kappa shape index (κ3) is 3.43. The summed E-state index contributed by atoms with van der Waals surface area (Å²) in [5, 5.41) is 9.76. The molecule has 0 aliphatic carbocycles. The number of hydrogen-bond donors (Lipinski definition) is 1. The highest BCUT2D eigenvalue weighted by Crippen LogP contribution is 2.21. The molecule has 1 N–H and O–H groups in total. The monoisotopic (exact) mass is 249 g/mol. The van der Waals surface area contributed by atoms with E-state index in [-0.39, 0.29) is 17.5 Å². The molecule has 0 amide bonds. The molecule has 1 saturated heterocycles. The first-order chi connectivity index (χ1) is 7.23. The fraction of sp³-hybridized carbons (Fsp3) is 1.00. The molecule has 4 nitrogen and oxygen atoms in total. The van der Waals surface area contributed by atoms with E-state index in [0.717, 1.165) is 6.42 Å². The lowest BCUT2D eigenvalue weighted by molar-refractivity contribution is 0.0717. The molecule has 5 heteroatoms. The van der Waals surface area contributed by atoms with Crippen molar-refractivity contribution in [3.63, 3.8) is 0 Å². The minimum absolute atomic E-state index is 0.0869. The van der Waals surface area contributed by atoms with Crippen LogP contribution >= 0.6 is 0 Å². The van der Waals surface area contributed by atoms with Crippen LogP contribution in [0.15, 0.2) is 0 Å². The highest BCUT2D eigenvalue weighted by atomic mass is 32.2. The van der Waals surface area contributed by atoms with Gasteiger partial charge in [0.2, 0.25) is 0 Å². The number of nitrogens with zero attached hydrogens (tertiary/aromatic N) is 1. The summed E-state index contributed by atoms with van der Waals surface area (Å²) in [6, 6.07) is 0.0618. The summed E-state index contributed by atoms with van der Waals surface area (Å²) in [6.45, 7) is 6.37. The summed E-state index contributed by atoms with van der Waals surface area (Å²) in [4.78, 5) is 2.01. The Bertz CT molecular complexity index is 326. The van der Waals surface area contributed by atoms with Gasteiger partial charge < -0.3 is 5.11 Å². The van der Waals surface area contributed by atoms with Crippen molar-refractivity contribution in [3.8, 4) is 0 Å². The molecule has 0 saturated carbocycles. The fourth-order valence-corrected chi connectivity index (χ4v) is 4.23. The topological polar surface area (TPSA) is 57.6 Å². The summed E-state index contributed by atoms with van der Waals surface area (Å²) in [5.74, 6) is 0.580. The quantitative estimate of drug-likeness (QED) is 0.789. The van der Waals surface area contributed by atoms with Crippen molar-refractivity contribution < 1.29 is 13.5 Å². The van der Waals surface area contributed by atoms with Crippen molar-refractivity contribution in [1.29, 1.82) is 0 Å². The Balaban J connectivity index is 2.64. The van der Waals surface area contributed by atoms with Gasteiger partial charge in [0.1, 0.15) is 0 Å². The predicted molar refractivity (Wildman–Crippen MR) is 65.1 cm³/mol. The normalized spacial score (nSPS) is 31.2. The van der Waals surface area contributed by atoms with Gasteiger partial charge in [0.05, 0.1) is 23.7 Å². The van der Waals surface area contributed by atoms with Crippen LogP contribution < -0.4 is 0 Å². The summed E-state index contributed by atoms with van der Waals surface area (Å²) in [7, 11) is -1.14. The van der Waals surface area contributed by atoms with E-state index < -0.39 is 15.9 Å². The Kier molecular flexibility index (Phi) is 4.37. The summed E-state index contributed by atoms with van der Waals surface area (Å²) in [6.07, 6.45) is 0.282. The van der Waals surface area contributed by atoms with Crippen LogP contribution in [-0.2, 0) is 9.84 Å². The first kappa shape index (κ1) is 13.9. The maximum atomic E-state index is 11.4. The zero-order valence-electron chi connectivity index (χ0n) is 10.5. The van der Waals surface area contributed by atoms with Crippen LogP contribution in [-0.4, -0.2) is 55.2 Å². The Morgan fingerprint density at radius 2 is 1.88 bits per heavy atom. The van der Waals surface area contributed by atoms with E-state index in [1.165, 1.54) is 0 Å². The zero-order valence-corrected chi connectivity index (χ0v) is 11.4. The first-order valence-electron chi connectivity index (χ1n) is 5.83. The molecule has 1 fully saturated rings. The molecule has 96 valence electrons. The zero-order chi connectivity index (χ0) is 12.5. The number of likely N-dealkylation sites (N-methyl/N-ethyl adjacent to an activating group) is 1. The van der Waals surface area contributed by atoms with Gasteiger partial charge in [-0.05, 0) is 26.3 Å². The molecule has 0 bridgehead atoms. The van der Waals surface area contributed by atoms with Gasteiger partial charge in [-0.15, -0.1) is 0 Å². The van der Waals surface area contributed by atoms with Gasteiger partial charge in [-0.25, -0.2) is 8.42 Å². The molecule has 3 atom stereocenters. The molecule has 1 aliphatic heterocycles. The van der Waals surface area contributed by atoms with E-state index in [2.05, 4.69) is 20.8 Å². The molecular formula is C11H23NO3S. The Morgan fingerprint density at radius 1 is 1.31 bits per heavy atom. The standard InChI is InChI=1S/C11H23NO3S/c1-8(2)5-9(3)12(4)10-6-16(14,15)7-11(10)13/h8-11,13H,5-7H2,1-4H3. The lowest BCUT2D eigenvalue weighted by atomic mass is 10.0. The number of sulfone groups is 1. The predicted octanol–water partition coefficient (Wildman–Crippen LogP) is 0.511. The lowest BCUT2D eigenvalue weighted by Crippen LogP contribution is -2.45. The molecule has 1 heterocycles. The molecule has 0 aromatic heterocycles. The minimum atomic E-state index is -3.04. The Labute approximate surface area is 98.6 Å². The largest absolute Gasteiger partial charge is 0.390 e. The number of hydrogen-bond acceptors (Lipinski definition) is 4. The van der Waals surface area contributed by atoms with Crippen LogP contribution in [0, 0.1) is 5.92 Å². The van der Waals surface area contributed by atoms with Crippen LogP contribution in [0.3, 0.4) is 0 Å². The fourth-order valence-electron chi connectivity index (χ4n) is 2.37. The Morgan fingerprint density at radius 3 is 2.25 bits per heavy atom. The van der Waals surface area contributed by atoms with Gasteiger partial charge >= 0.3 is 0 Å². The van der Waals surface area contributed by atoms with Crippen molar-refractivity contribution >= 4 is 9.84 Å². The van der Waals surface area contributed by atoms with Crippen LogP contribution in [0.1, 0.15) is 27.2 Å². The van der Waals surface area contributed by atoms with E-state index in [1.54, 1.807) is 0 Å². The molecule has 3 unspecified atom stereocenters. The maximum Gasteiger partial charge on any atom is 0.154 e. The van der Waals surface area contributed by atoms with Crippen LogP contribution in [0.25, 0.3) is 0 Å². The molecule has 0 aromatic rings. The van der Waals surface area contributed by atoms with E-state index in [9.17, 15) is 13.5 Å². The van der Waals surface area contributed by atoms with Gasteiger partial charge in [0, 0.05) is 6.04 Å². The second-order valence-electron chi connectivity index (χ2n) is 5.36. The lowest BCUT2D eigenvalue weighted by Gasteiger charge is -2.32. The van der Waals surface area contributed by atoms with Crippen molar-refractivity contribution in [1.82, 2.24) is 4.90 Å². The highest BCUT2D eigenvalue weighted by molar-refractivity contribution is 7.91. The van der Waals surface area contributed by atoms with Crippen molar-refractivity contribution in [3.05, 3.63) is 0 Å². The summed E-state index contributed by atoms with van der Waals surface area (Å²) in [5.41, 5.74) is 0. The van der Waals surface area contributed by atoms with E-state index in [0.29, 0.717) is 12.0 Å². The SMILES string of the molecule is CC(C)CC(C)N(C)C1CS(=O)(=O)CC1O. The highest BCUT2D eigenvalue weighted by Gasteiger charge is 2.39. The molecule has 1 aliphatic rings. The van der Waals surface area contributed by atoms with Crippen molar-refractivity contribution in [2.75, 3.05) is 18.6 Å². The maximum absolute atomic E-state index is 11.4. The third-order valence-corrected chi connectivity index (χ3v) is 5.02. The van der Waals surface area contributed by atoms with Crippen molar-refractivity contribution in [2.24, 2.45) is 5.92 Å². The van der Waals surface area contributed by atoms with Crippen LogP contribution in [0.4, 0.5) is 0 Å². The number of aliphatic hydroxyl groups is 1. The molecule has 0 radical (unpaired) electrons. The molecule has 0 spiro atoms. The van der Waals surface area contributed by atoms with Crippen LogP contribution in [0.5, 0.6) is 0 Å². The van der Waals surface area contributed by atoms with Gasteiger partial charge in [-0.3, -0.25) is 4.90 Å². The third-order valence-electron chi connectivity index (χ3n) is 3.32. The molecule has 0 aromatic carbocycles. The number of aliphatic hydroxyl groups excluding tert-OH is 1. The van der Waals surface area contributed by atoms with E-state index >= 15 is 0 Å². The van der Waals surface area contributed by atoms with Gasteiger partial charge in [0.15, 0.2) is 9.84 Å². The first-order valence-corrected chi connectivity index (χ1v) is 7.65. The molecule has 16 heavy (non-hydrogen) atoms. The van der Waals surface area contributed by atoms with E-state index in [1.807, 2.05) is 11.9 Å². The minimum Gasteiger partial charge on any atom is -0.390 e. The Hall–Kier alpha value is -0.130. The van der Waals surface area contributed by atoms with E-state index in [4.69, 9.17) is 0 Å². The summed E-state index contributed by atoms with van der Waals surface area (Å²) >= 11 is 0. The average Bonchev–Trinajstić information content (AvgIpc) is 2.37. The van der Waals surface area contributed by atoms with Gasteiger partial charge in [-0.2, -0.15) is 0 Å². The average molecular weight is 249 g/mol. The smallest absolute Gasteiger partial charge is 0.154 e. The number of rotatable bonds is 4. The molecule has 1 rings (SSSR count). The molecular weight excluding hydrogens is 226 g/mol. The second-order valence-corrected chi connectivity index (χ2v) is 7.51.